The minimum absolute atomic E-state index is 0.0265. The van der Waals surface area contributed by atoms with Crippen LogP contribution in [0, 0.1) is 0 Å². The van der Waals surface area contributed by atoms with Gasteiger partial charge in [0.05, 0.1) is 18.8 Å². The van der Waals surface area contributed by atoms with Gasteiger partial charge in [-0.2, -0.15) is 5.10 Å². The summed E-state index contributed by atoms with van der Waals surface area (Å²) in [5.41, 5.74) is 7.35. The van der Waals surface area contributed by atoms with E-state index in [2.05, 4.69) is 10.00 Å². The van der Waals surface area contributed by atoms with E-state index < -0.39 is 0 Å². The van der Waals surface area contributed by atoms with Crippen LogP contribution >= 0.6 is 0 Å². The highest BCUT2D eigenvalue weighted by molar-refractivity contribution is 5.13. The Morgan fingerprint density at radius 3 is 2.50 bits per heavy atom. The van der Waals surface area contributed by atoms with Crippen molar-refractivity contribution in [2.75, 3.05) is 40.5 Å². The van der Waals surface area contributed by atoms with Crippen molar-refractivity contribution < 1.29 is 9.47 Å². The van der Waals surface area contributed by atoms with Gasteiger partial charge < -0.3 is 15.2 Å². The van der Waals surface area contributed by atoms with Gasteiger partial charge in [-0.3, -0.25) is 9.58 Å². The Bertz CT molecular complexity index is 368. The molecule has 1 rings (SSSR count). The van der Waals surface area contributed by atoms with E-state index in [-0.39, 0.29) is 12.1 Å². The summed E-state index contributed by atoms with van der Waals surface area (Å²) in [6.45, 7) is 5.26. The van der Waals surface area contributed by atoms with Gasteiger partial charge in [-0.05, 0) is 13.3 Å². The zero-order chi connectivity index (χ0) is 15.0. The van der Waals surface area contributed by atoms with E-state index in [4.69, 9.17) is 15.2 Å². The molecule has 0 radical (unpaired) electrons. The number of ether oxygens (including phenoxy) is 2. The van der Waals surface area contributed by atoms with Crippen molar-refractivity contribution in [2.24, 2.45) is 12.8 Å². The quantitative estimate of drug-likeness (QED) is 0.644. The molecule has 116 valence electrons. The Kier molecular flexibility index (Phi) is 7.76. The smallest absolute Gasteiger partial charge is 0.0589 e. The van der Waals surface area contributed by atoms with Crippen LogP contribution in [0.2, 0.25) is 0 Å². The first kappa shape index (κ1) is 17.1. The van der Waals surface area contributed by atoms with Gasteiger partial charge in [0.1, 0.15) is 0 Å². The summed E-state index contributed by atoms with van der Waals surface area (Å²) in [6, 6.07) is 0.175. The van der Waals surface area contributed by atoms with Crippen LogP contribution in [0.4, 0.5) is 0 Å². The van der Waals surface area contributed by atoms with Crippen molar-refractivity contribution in [1.82, 2.24) is 14.7 Å². The molecule has 0 aromatic carbocycles. The average Bonchev–Trinajstić information content (AvgIpc) is 2.81. The standard InChI is InChI=1S/C14H28N4O2/c1-12(15)14(13-10-16-17(2)11-13)18(7-9-20-4)6-5-8-19-3/h10-12,14H,5-9,15H2,1-4H3. The third-order valence-corrected chi connectivity index (χ3v) is 3.33. The maximum absolute atomic E-state index is 6.20. The Morgan fingerprint density at radius 1 is 1.30 bits per heavy atom. The summed E-state index contributed by atoms with van der Waals surface area (Å²) in [6.07, 6.45) is 4.90. The predicted molar refractivity (Wildman–Crippen MR) is 79.5 cm³/mol. The molecule has 1 aromatic rings. The highest BCUT2D eigenvalue weighted by Gasteiger charge is 2.24. The zero-order valence-electron chi connectivity index (χ0n) is 13.1. The molecule has 2 unspecified atom stereocenters. The van der Waals surface area contributed by atoms with E-state index in [9.17, 15) is 0 Å². The Hall–Kier alpha value is -0.950. The Balaban J connectivity index is 2.80. The monoisotopic (exact) mass is 284 g/mol. The summed E-state index contributed by atoms with van der Waals surface area (Å²) in [5, 5.41) is 4.26. The zero-order valence-corrected chi connectivity index (χ0v) is 13.1. The first-order valence-corrected chi connectivity index (χ1v) is 7.06. The third-order valence-electron chi connectivity index (χ3n) is 3.33. The summed E-state index contributed by atoms with van der Waals surface area (Å²) in [5.74, 6) is 0. The number of nitrogens with zero attached hydrogens (tertiary/aromatic N) is 3. The molecule has 6 heteroatoms. The minimum Gasteiger partial charge on any atom is -0.385 e. The first-order chi connectivity index (χ1) is 9.60. The summed E-state index contributed by atoms with van der Waals surface area (Å²) >= 11 is 0. The van der Waals surface area contributed by atoms with Crippen molar-refractivity contribution in [3.8, 4) is 0 Å². The second kappa shape index (κ2) is 9.07. The van der Waals surface area contributed by atoms with Crippen LogP contribution < -0.4 is 5.73 Å². The van der Waals surface area contributed by atoms with Gasteiger partial charge in [-0.1, -0.05) is 0 Å². The van der Waals surface area contributed by atoms with Gasteiger partial charge in [-0.25, -0.2) is 0 Å². The fourth-order valence-corrected chi connectivity index (χ4v) is 2.45. The van der Waals surface area contributed by atoms with Gasteiger partial charge in [0, 0.05) is 58.8 Å². The van der Waals surface area contributed by atoms with E-state index in [0.717, 1.165) is 31.7 Å². The maximum Gasteiger partial charge on any atom is 0.0589 e. The lowest BCUT2D eigenvalue weighted by molar-refractivity contribution is 0.0981. The Labute approximate surface area is 121 Å². The van der Waals surface area contributed by atoms with Crippen LogP contribution in [0.3, 0.4) is 0 Å². The maximum atomic E-state index is 6.20. The molecule has 2 N–H and O–H groups in total. The van der Waals surface area contributed by atoms with Gasteiger partial charge in [-0.15, -0.1) is 0 Å². The van der Waals surface area contributed by atoms with Crippen molar-refractivity contribution in [3.05, 3.63) is 18.0 Å². The van der Waals surface area contributed by atoms with Crippen LogP contribution in [-0.2, 0) is 16.5 Å². The largest absolute Gasteiger partial charge is 0.385 e. The van der Waals surface area contributed by atoms with Gasteiger partial charge in [0.15, 0.2) is 0 Å². The molecular weight excluding hydrogens is 256 g/mol. The molecule has 0 amide bonds. The van der Waals surface area contributed by atoms with E-state index in [1.54, 1.807) is 14.2 Å². The van der Waals surface area contributed by atoms with E-state index >= 15 is 0 Å². The number of hydrogen-bond acceptors (Lipinski definition) is 5. The second-order valence-electron chi connectivity index (χ2n) is 5.13. The summed E-state index contributed by atoms with van der Waals surface area (Å²) < 4.78 is 12.2. The lowest BCUT2D eigenvalue weighted by Gasteiger charge is -2.33. The van der Waals surface area contributed by atoms with Gasteiger partial charge in [0.2, 0.25) is 0 Å². The van der Waals surface area contributed by atoms with Gasteiger partial charge in [0.25, 0.3) is 0 Å². The summed E-state index contributed by atoms with van der Waals surface area (Å²) in [4.78, 5) is 2.35. The van der Waals surface area contributed by atoms with Crippen molar-refractivity contribution >= 4 is 0 Å². The lowest BCUT2D eigenvalue weighted by atomic mass is 10.0. The van der Waals surface area contributed by atoms with Crippen molar-refractivity contribution in [3.63, 3.8) is 0 Å². The molecule has 1 aromatic heterocycles. The van der Waals surface area contributed by atoms with Crippen LogP contribution in [-0.4, -0.2) is 61.2 Å². The number of aromatic nitrogens is 2. The number of methoxy groups -OCH3 is 2. The lowest BCUT2D eigenvalue weighted by Crippen LogP contribution is -2.41. The number of aryl methyl sites for hydroxylation is 1. The average molecular weight is 284 g/mol. The summed E-state index contributed by atoms with van der Waals surface area (Å²) in [7, 11) is 5.37. The van der Waals surface area contributed by atoms with E-state index in [1.165, 1.54) is 0 Å². The molecule has 0 saturated carbocycles. The molecule has 0 bridgehead atoms. The van der Waals surface area contributed by atoms with Crippen LogP contribution in [0.5, 0.6) is 0 Å². The van der Waals surface area contributed by atoms with Crippen LogP contribution in [0.25, 0.3) is 0 Å². The van der Waals surface area contributed by atoms with Crippen molar-refractivity contribution in [1.29, 1.82) is 0 Å². The SMILES string of the molecule is COCCCN(CCOC)C(c1cnn(C)c1)C(C)N. The Morgan fingerprint density at radius 2 is 2.00 bits per heavy atom. The number of nitrogens with two attached hydrogens (primary N) is 1. The first-order valence-electron chi connectivity index (χ1n) is 7.06. The highest BCUT2D eigenvalue weighted by Crippen LogP contribution is 2.23. The van der Waals surface area contributed by atoms with Crippen LogP contribution in [0.1, 0.15) is 24.9 Å². The second-order valence-corrected chi connectivity index (χ2v) is 5.13. The molecule has 1 heterocycles. The molecule has 2 atom stereocenters. The van der Waals surface area contributed by atoms with Crippen molar-refractivity contribution in [2.45, 2.75) is 25.4 Å². The molecule has 0 aliphatic rings. The fourth-order valence-electron chi connectivity index (χ4n) is 2.45. The third kappa shape index (κ3) is 5.20. The molecule has 0 aliphatic carbocycles. The molecule has 0 spiro atoms. The number of hydrogen-bond donors (Lipinski definition) is 1. The number of rotatable bonds is 10. The molecule has 0 aliphatic heterocycles. The molecule has 20 heavy (non-hydrogen) atoms. The molecular formula is C14H28N4O2. The van der Waals surface area contributed by atoms with E-state index in [0.29, 0.717) is 6.61 Å². The van der Waals surface area contributed by atoms with Crippen LogP contribution in [0.15, 0.2) is 12.4 Å². The molecule has 6 nitrogen and oxygen atoms in total. The predicted octanol–water partition coefficient (Wildman–Crippen LogP) is 0.793. The molecule has 0 fully saturated rings. The normalized spacial score (nSPS) is 14.7. The van der Waals surface area contributed by atoms with E-state index in [1.807, 2.05) is 31.0 Å². The fraction of sp³-hybridized carbons (Fsp3) is 0.786. The van der Waals surface area contributed by atoms with Gasteiger partial charge >= 0.3 is 0 Å². The highest BCUT2D eigenvalue weighted by atomic mass is 16.5. The minimum atomic E-state index is 0.0265. The topological polar surface area (TPSA) is 65.5 Å². The molecule has 0 saturated heterocycles.